The van der Waals surface area contributed by atoms with Crippen LogP contribution in [-0.4, -0.2) is 47.7 Å². The number of aliphatic carboxylic acids is 1. The summed E-state index contributed by atoms with van der Waals surface area (Å²) >= 11 is 0. The molecule has 0 bridgehead atoms. The maximum absolute atomic E-state index is 11.1. The van der Waals surface area contributed by atoms with Gasteiger partial charge in [-0.15, -0.1) is 0 Å². The molecule has 1 saturated heterocycles. The fourth-order valence-corrected chi connectivity index (χ4v) is 2.98. The lowest BCUT2D eigenvalue weighted by atomic mass is 10.1. The van der Waals surface area contributed by atoms with Gasteiger partial charge in [-0.2, -0.15) is 0 Å². The van der Waals surface area contributed by atoms with Gasteiger partial charge in [0.1, 0.15) is 6.04 Å². The van der Waals surface area contributed by atoms with E-state index in [1.54, 1.807) is 0 Å². The van der Waals surface area contributed by atoms with E-state index >= 15 is 0 Å². The van der Waals surface area contributed by atoms with Gasteiger partial charge in [-0.3, -0.25) is 4.79 Å². The summed E-state index contributed by atoms with van der Waals surface area (Å²) in [4.78, 5) is 13.7. The van der Waals surface area contributed by atoms with Crippen LogP contribution in [0.1, 0.15) is 32.1 Å². The smallest absolute Gasteiger partial charge is 0.320 e. The summed E-state index contributed by atoms with van der Waals surface area (Å²) in [6, 6.07) is 0.573. The molecule has 3 fully saturated rings. The van der Waals surface area contributed by atoms with E-state index in [2.05, 4.69) is 10.2 Å². The third-order valence-electron chi connectivity index (χ3n) is 4.37. The molecule has 0 spiro atoms. The second-order valence-corrected chi connectivity index (χ2v) is 5.94. The Morgan fingerprint density at radius 1 is 1.29 bits per heavy atom. The van der Waals surface area contributed by atoms with E-state index in [4.69, 9.17) is 5.11 Å². The van der Waals surface area contributed by atoms with Crippen molar-refractivity contribution < 1.29 is 9.90 Å². The van der Waals surface area contributed by atoms with Crippen LogP contribution in [-0.2, 0) is 4.79 Å². The van der Waals surface area contributed by atoms with Crippen molar-refractivity contribution in [2.45, 2.75) is 44.2 Å². The van der Waals surface area contributed by atoms with Gasteiger partial charge in [0.25, 0.3) is 0 Å². The van der Waals surface area contributed by atoms with Gasteiger partial charge in [0.05, 0.1) is 0 Å². The van der Waals surface area contributed by atoms with Crippen LogP contribution in [0.15, 0.2) is 0 Å². The molecule has 3 rings (SSSR count). The summed E-state index contributed by atoms with van der Waals surface area (Å²) in [6.45, 7) is 3.28. The number of carbonyl (C=O) groups is 1. The van der Waals surface area contributed by atoms with E-state index < -0.39 is 5.97 Å². The second-order valence-electron chi connectivity index (χ2n) is 5.94. The number of nitrogens with one attached hydrogen (secondary N) is 1. The Hall–Kier alpha value is -0.610. The van der Waals surface area contributed by atoms with E-state index in [1.807, 2.05) is 0 Å². The molecule has 2 saturated carbocycles. The van der Waals surface area contributed by atoms with Crippen molar-refractivity contribution in [2.75, 3.05) is 19.6 Å². The summed E-state index contributed by atoms with van der Waals surface area (Å²) in [5.41, 5.74) is 0. The zero-order valence-electron chi connectivity index (χ0n) is 10.3. The molecule has 0 radical (unpaired) electrons. The third kappa shape index (κ3) is 2.80. The Morgan fingerprint density at radius 3 is 2.65 bits per heavy atom. The lowest BCUT2D eigenvalue weighted by Gasteiger charge is -2.18. The molecule has 2 unspecified atom stereocenters. The highest BCUT2D eigenvalue weighted by atomic mass is 16.4. The van der Waals surface area contributed by atoms with Crippen LogP contribution >= 0.6 is 0 Å². The quantitative estimate of drug-likeness (QED) is 0.722. The van der Waals surface area contributed by atoms with Crippen molar-refractivity contribution in [1.82, 2.24) is 10.2 Å². The molecular formula is C13H22N2O2. The van der Waals surface area contributed by atoms with Gasteiger partial charge in [-0.25, -0.2) is 0 Å². The Morgan fingerprint density at radius 2 is 2.06 bits per heavy atom. The highest BCUT2D eigenvalue weighted by Gasteiger charge is 2.38. The molecule has 1 heterocycles. The first-order chi connectivity index (χ1) is 8.24. The molecular weight excluding hydrogens is 216 g/mol. The number of likely N-dealkylation sites (tertiary alicyclic amines) is 1. The molecule has 17 heavy (non-hydrogen) atoms. The molecule has 0 aromatic rings. The highest BCUT2D eigenvalue weighted by molar-refractivity contribution is 5.74. The summed E-state index contributed by atoms with van der Waals surface area (Å²) in [5, 5.41) is 12.4. The van der Waals surface area contributed by atoms with Gasteiger partial charge in [-0.05, 0) is 50.5 Å². The lowest BCUT2D eigenvalue weighted by molar-refractivity contribution is -0.140. The number of hydrogen-bond acceptors (Lipinski definition) is 3. The first kappa shape index (κ1) is 11.5. The van der Waals surface area contributed by atoms with E-state index in [0.29, 0.717) is 11.8 Å². The first-order valence-corrected chi connectivity index (χ1v) is 6.94. The topological polar surface area (TPSA) is 52.6 Å². The number of nitrogens with zero attached hydrogens (tertiary/aromatic N) is 1. The Balaban J connectivity index is 1.42. The van der Waals surface area contributed by atoms with Crippen LogP contribution in [0.3, 0.4) is 0 Å². The van der Waals surface area contributed by atoms with Crippen molar-refractivity contribution in [3.8, 4) is 0 Å². The molecule has 0 aromatic carbocycles. The zero-order valence-corrected chi connectivity index (χ0v) is 10.3. The molecule has 2 N–H and O–H groups in total. The van der Waals surface area contributed by atoms with Crippen molar-refractivity contribution in [3.05, 3.63) is 0 Å². The molecule has 2 aliphatic carbocycles. The fraction of sp³-hybridized carbons (Fsp3) is 0.923. The SMILES string of the molecule is O=C(O)C(NCC1CCN(C2CC2)C1)C1CC1. The van der Waals surface area contributed by atoms with Crippen molar-refractivity contribution in [2.24, 2.45) is 11.8 Å². The number of carboxylic acid groups (broad SMARTS) is 1. The summed E-state index contributed by atoms with van der Waals surface area (Å²) < 4.78 is 0. The largest absolute Gasteiger partial charge is 0.480 e. The van der Waals surface area contributed by atoms with Crippen LogP contribution in [0.4, 0.5) is 0 Å². The normalized spacial score (nSPS) is 31.6. The predicted octanol–water partition coefficient (Wildman–Crippen LogP) is 0.923. The van der Waals surface area contributed by atoms with Crippen LogP contribution in [0.2, 0.25) is 0 Å². The minimum Gasteiger partial charge on any atom is -0.480 e. The average molecular weight is 238 g/mol. The van der Waals surface area contributed by atoms with Gasteiger partial charge in [0, 0.05) is 19.1 Å². The molecule has 3 aliphatic rings. The monoisotopic (exact) mass is 238 g/mol. The Bertz CT molecular complexity index is 300. The molecule has 4 nitrogen and oxygen atoms in total. The van der Waals surface area contributed by atoms with Crippen LogP contribution in [0, 0.1) is 11.8 Å². The molecule has 96 valence electrons. The summed E-state index contributed by atoms with van der Waals surface area (Å²) in [7, 11) is 0. The fourth-order valence-electron chi connectivity index (χ4n) is 2.98. The zero-order chi connectivity index (χ0) is 11.8. The van der Waals surface area contributed by atoms with Crippen molar-refractivity contribution in [1.29, 1.82) is 0 Å². The predicted molar refractivity (Wildman–Crippen MR) is 64.9 cm³/mol. The highest BCUT2D eigenvalue weighted by Crippen LogP contribution is 2.34. The summed E-state index contributed by atoms with van der Waals surface area (Å²) in [5.74, 6) is 0.397. The molecule has 2 atom stereocenters. The standard InChI is InChI=1S/C13H22N2O2/c16-13(17)12(10-1-2-10)14-7-9-5-6-15(8-9)11-3-4-11/h9-12,14H,1-8H2,(H,16,17). The minimum absolute atomic E-state index is 0.287. The van der Waals surface area contributed by atoms with Gasteiger partial charge >= 0.3 is 5.97 Å². The van der Waals surface area contributed by atoms with E-state index in [-0.39, 0.29) is 6.04 Å². The van der Waals surface area contributed by atoms with Gasteiger partial charge < -0.3 is 15.3 Å². The van der Waals surface area contributed by atoms with Gasteiger partial charge in [-0.1, -0.05) is 0 Å². The van der Waals surface area contributed by atoms with E-state index in [9.17, 15) is 4.79 Å². The molecule has 1 aliphatic heterocycles. The van der Waals surface area contributed by atoms with Gasteiger partial charge in [0.15, 0.2) is 0 Å². The van der Waals surface area contributed by atoms with Crippen molar-refractivity contribution in [3.63, 3.8) is 0 Å². The number of rotatable bonds is 6. The third-order valence-corrected chi connectivity index (χ3v) is 4.37. The second kappa shape index (κ2) is 4.58. The van der Waals surface area contributed by atoms with Crippen LogP contribution in [0.5, 0.6) is 0 Å². The lowest BCUT2D eigenvalue weighted by Crippen LogP contribution is -2.41. The first-order valence-electron chi connectivity index (χ1n) is 6.94. The van der Waals surface area contributed by atoms with Crippen LogP contribution < -0.4 is 5.32 Å². The Labute approximate surface area is 102 Å². The van der Waals surface area contributed by atoms with E-state index in [0.717, 1.165) is 25.4 Å². The minimum atomic E-state index is -0.662. The van der Waals surface area contributed by atoms with E-state index in [1.165, 1.54) is 32.4 Å². The number of carboxylic acids is 1. The maximum Gasteiger partial charge on any atom is 0.320 e. The van der Waals surface area contributed by atoms with Gasteiger partial charge in [0.2, 0.25) is 0 Å². The van der Waals surface area contributed by atoms with Crippen LogP contribution in [0.25, 0.3) is 0 Å². The van der Waals surface area contributed by atoms with Crippen molar-refractivity contribution >= 4 is 5.97 Å². The molecule has 4 heteroatoms. The number of hydrogen-bond donors (Lipinski definition) is 2. The summed E-state index contributed by atoms with van der Waals surface area (Å²) in [6.07, 6.45) is 6.16. The average Bonchev–Trinajstić information content (AvgIpc) is 3.19. The molecule has 0 amide bonds. The Kier molecular flexibility index (Phi) is 3.09. The maximum atomic E-state index is 11.1. The molecule has 0 aromatic heterocycles.